The second-order valence-electron chi connectivity index (χ2n) is 4.53. The van der Waals surface area contributed by atoms with Crippen LogP contribution in [0.25, 0.3) is 0 Å². The average Bonchev–Trinajstić information content (AvgIpc) is 3.18. The molecule has 0 saturated heterocycles. The van der Waals surface area contributed by atoms with Gasteiger partial charge in [0.05, 0.1) is 5.56 Å². The van der Waals surface area contributed by atoms with E-state index < -0.39 is 5.91 Å². The van der Waals surface area contributed by atoms with Crippen LogP contribution in [0.4, 0.5) is 5.69 Å². The van der Waals surface area contributed by atoms with E-state index in [1.807, 2.05) is 0 Å². The molecule has 5 heteroatoms. The van der Waals surface area contributed by atoms with Crippen molar-refractivity contribution >= 4 is 17.5 Å². The summed E-state index contributed by atoms with van der Waals surface area (Å²) >= 11 is 0. The molecule has 2 amide bonds. The van der Waals surface area contributed by atoms with Crippen molar-refractivity contribution in [1.82, 2.24) is 5.32 Å². The summed E-state index contributed by atoms with van der Waals surface area (Å²) in [6, 6.07) is 4.85. The fraction of sp³-hybridized carbons (Fsp3) is 0.385. The molecule has 4 N–H and O–H groups in total. The van der Waals surface area contributed by atoms with Crippen LogP contribution in [0.15, 0.2) is 18.2 Å². The highest BCUT2D eigenvalue weighted by molar-refractivity contribution is 6.01. The molecule has 1 aliphatic rings. The summed E-state index contributed by atoms with van der Waals surface area (Å²) < 4.78 is 0. The fourth-order valence-corrected chi connectivity index (χ4v) is 1.77. The molecule has 1 aliphatic carbocycles. The quantitative estimate of drug-likeness (QED) is 0.724. The number of carbonyl (C=O) groups excluding carboxylic acids is 2. The van der Waals surface area contributed by atoms with Gasteiger partial charge in [0.1, 0.15) is 0 Å². The van der Waals surface area contributed by atoms with E-state index in [9.17, 15) is 9.59 Å². The molecule has 2 rings (SSSR count). The molecule has 0 bridgehead atoms. The predicted octanol–water partition coefficient (Wildman–Crippen LogP) is 0.967. The van der Waals surface area contributed by atoms with E-state index in [4.69, 9.17) is 5.73 Å². The third-order valence-electron chi connectivity index (χ3n) is 3.05. The highest BCUT2D eigenvalue weighted by Crippen LogP contribution is 2.29. The van der Waals surface area contributed by atoms with Gasteiger partial charge in [0.2, 0.25) is 0 Å². The molecule has 96 valence electrons. The summed E-state index contributed by atoms with van der Waals surface area (Å²) in [4.78, 5) is 22.9. The summed E-state index contributed by atoms with van der Waals surface area (Å²) in [5.41, 5.74) is 6.88. The first kappa shape index (κ1) is 12.4. The van der Waals surface area contributed by atoms with Crippen molar-refractivity contribution in [2.24, 2.45) is 11.7 Å². The van der Waals surface area contributed by atoms with Crippen LogP contribution in [0.1, 0.15) is 33.6 Å². The lowest BCUT2D eigenvalue weighted by Gasteiger charge is -2.11. The third-order valence-corrected chi connectivity index (χ3v) is 3.05. The van der Waals surface area contributed by atoms with E-state index in [2.05, 4.69) is 10.6 Å². The first-order chi connectivity index (χ1) is 8.61. The van der Waals surface area contributed by atoms with E-state index >= 15 is 0 Å². The van der Waals surface area contributed by atoms with Gasteiger partial charge in [-0.2, -0.15) is 0 Å². The molecule has 0 aromatic heterocycles. The zero-order chi connectivity index (χ0) is 13.1. The molecular weight excluding hydrogens is 230 g/mol. The minimum Gasteiger partial charge on any atom is -0.384 e. The topological polar surface area (TPSA) is 84.2 Å². The number of hydrogen-bond acceptors (Lipinski definition) is 3. The van der Waals surface area contributed by atoms with Crippen molar-refractivity contribution in [1.29, 1.82) is 0 Å². The molecule has 1 fully saturated rings. The maximum absolute atomic E-state index is 11.5. The van der Waals surface area contributed by atoms with E-state index in [0.717, 1.165) is 6.54 Å². The summed E-state index contributed by atoms with van der Waals surface area (Å²) in [6.45, 7) is 0.817. The third kappa shape index (κ3) is 2.80. The maximum Gasteiger partial charge on any atom is 0.251 e. The van der Waals surface area contributed by atoms with Crippen LogP contribution < -0.4 is 16.4 Å². The molecule has 1 aromatic carbocycles. The van der Waals surface area contributed by atoms with Gasteiger partial charge in [-0.1, -0.05) is 0 Å². The number of anilines is 1. The van der Waals surface area contributed by atoms with Crippen molar-refractivity contribution < 1.29 is 9.59 Å². The maximum atomic E-state index is 11.5. The molecule has 0 atom stereocenters. The van der Waals surface area contributed by atoms with Gasteiger partial charge in [-0.25, -0.2) is 0 Å². The lowest BCUT2D eigenvalue weighted by Crippen LogP contribution is -2.20. The first-order valence-corrected chi connectivity index (χ1v) is 6.01. The van der Waals surface area contributed by atoms with Crippen LogP contribution in [-0.2, 0) is 0 Å². The Morgan fingerprint density at radius 3 is 2.67 bits per heavy atom. The Kier molecular flexibility index (Phi) is 3.50. The zero-order valence-corrected chi connectivity index (χ0v) is 10.3. The highest BCUT2D eigenvalue weighted by atomic mass is 16.2. The number of amides is 2. The summed E-state index contributed by atoms with van der Waals surface area (Å²) in [7, 11) is 1.57. The molecule has 0 spiro atoms. The van der Waals surface area contributed by atoms with E-state index in [1.54, 1.807) is 25.2 Å². The molecule has 18 heavy (non-hydrogen) atoms. The fourth-order valence-electron chi connectivity index (χ4n) is 1.77. The second kappa shape index (κ2) is 5.08. The number of rotatable bonds is 5. The number of carbonyl (C=O) groups is 2. The Labute approximate surface area is 106 Å². The Balaban J connectivity index is 2.24. The number of hydrogen-bond donors (Lipinski definition) is 3. The van der Waals surface area contributed by atoms with Crippen LogP contribution in [-0.4, -0.2) is 25.4 Å². The molecular formula is C13H17N3O2. The van der Waals surface area contributed by atoms with Gasteiger partial charge in [0, 0.05) is 24.8 Å². The lowest BCUT2D eigenvalue weighted by atomic mass is 10.1. The van der Waals surface area contributed by atoms with Crippen molar-refractivity contribution in [3.63, 3.8) is 0 Å². The Morgan fingerprint density at radius 2 is 2.11 bits per heavy atom. The van der Waals surface area contributed by atoms with Crippen molar-refractivity contribution in [3.05, 3.63) is 29.3 Å². The van der Waals surface area contributed by atoms with E-state index in [0.29, 0.717) is 22.7 Å². The lowest BCUT2D eigenvalue weighted by molar-refractivity contribution is 0.0960. The first-order valence-electron chi connectivity index (χ1n) is 6.01. The Hall–Kier alpha value is -2.04. The zero-order valence-electron chi connectivity index (χ0n) is 10.3. The van der Waals surface area contributed by atoms with Gasteiger partial charge in [0.15, 0.2) is 0 Å². The summed E-state index contributed by atoms with van der Waals surface area (Å²) in [5.74, 6) is 0.00614. The van der Waals surface area contributed by atoms with Crippen molar-refractivity contribution in [2.45, 2.75) is 12.8 Å². The van der Waals surface area contributed by atoms with Crippen LogP contribution in [0, 0.1) is 5.92 Å². The Bertz CT molecular complexity index is 481. The van der Waals surface area contributed by atoms with Crippen molar-refractivity contribution in [3.8, 4) is 0 Å². The number of nitrogens with one attached hydrogen (secondary N) is 2. The average molecular weight is 247 g/mol. The highest BCUT2D eigenvalue weighted by Gasteiger charge is 2.21. The van der Waals surface area contributed by atoms with Crippen LogP contribution in [0.2, 0.25) is 0 Å². The normalized spacial score (nSPS) is 14.1. The molecule has 0 unspecified atom stereocenters. The van der Waals surface area contributed by atoms with Gasteiger partial charge in [-0.15, -0.1) is 0 Å². The van der Waals surface area contributed by atoms with E-state index in [-0.39, 0.29) is 5.91 Å². The predicted molar refractivity (Wildman–Crippen MR) is 69.6 cm³/mol. The molecule has 1 saturated carbocycles. The van der Waals surface area contributed by atoms with Crippen molar-refractivity contribution in [2.75, 3.05) is 18.9 Å². The molecule has 0 heterocycles. The molecule has 1 aromatic rings. The standard InChI is InChI=1S/C13H17N3O2/c1-15-13(18)9-4-5-10(12(14)17)11(6-9)16-7-8-2-3-8/h4-6,8,16H,2-3,7H2,1H3,(H2,14,17)(H,15,18). The number of primary amides is 1. The summed E-state index contributed by atoms with van der Waals surface area (Å²) in [5, 5.41) is 5.75. The number of nitrogens with two attached hydrogens (primary N) is 1. The smallest absolute Gasteiger partial charge is 0.251 e. The molecule has 5 nitrogen and oxygen atoms in total. The van der Waals surface area contributed by atoms with Gasteiger partial charge in [0.25, 0.3) is 11.8 Å². The molecule has 0 radical (unpaired) electrons. The van der Waals surface area contributed by atoms with Crippen LogP contribution in [0.5, 0.6) is 0 Å². The minimum absolute atomic E-state index is 0.180. The van der Waals surface area contributed by atoms with Gasteiger partial charge >= 0.3 is 0 Å². The van der Waals surface area contributed by atoms with Gasteiger partial charge < -0.3 is 16.4 Å². The van der Waals surface area contributed by atoms with E-state index in [1.165, 1.54) is 12.8 Å². The van der Waals surface area contributed by atoms with Gasteiger partial charge in [-0.05, 0) is 37.0 Å². The van der Waals surface area contributed by atoms with Crippen LogP contribution >= 0.6 is 0 Å². The summed E-state index contributed by atoms with van der Waals surface area (Å²) in [6.07, 6.45) is 2.43. The monoisotopic (exact) mass is 247 g/mol. The number of benzene rings is 1. The van der Waals surface area contributed by atoms with Crippen LogP contribution in [0.3, 0.4) is 0 Å². The second-order valence-corrected chi connectivity index (χ2v) is 4.53. The molecule has 0 aliphatic heterocycles. The minimum atomic E-state index is -0.489. The van der Waals surface area contributed by atoms with Gasteiger partial charge in [-0.3, -0.25) is 9.59 Å². The SMILES string of the molecule is CNC(=O)c1ccc(C(N)=O)c(NCC2CC2)c1. The Morgan fingerprint density at radius 1 is 1.39 bits per heavy atom. The largest absolute Gasteiger partial charge is 0.384 e.